The molecule has 1 saturated carbocycles. The maximum absolute atomic E-state index is 8.72. The third-order valence-corrected chi connectivity index (χ3v) is 3.32. The van der Waals surface area contributed by atoms with E-state index in [0.29, 0.717) is 30.0 Å². The second-order valence-corrected chi connectivity index (χ2v) is 4.85. The lowest BCUT2D eigenvalue weighted by Crippen LogP contribution is -2.28. The summed E-state index contributed by atoms with van der Waals surface area (Å²) in [5.41, 5.74) is 2.56. The topological polar surface area (TPSA) is 90.9 Å². The normalized spacial score (nSPS) is 14.1. The van der Waals surface area contributed by atoms with Crippen molar-refractivity contribution in [1.82, 2.24) is 9.97 Å². The minimum absolute atomic E-state index is 0.500. The summed E-state index contributed by atoms with van der Waals surface area (Å²) in [6.45, 7) is 0.704. The summed E-state index contributed by atoms with van der Waals surface area (Å²) in [4.78, 5) is 10.9. The van der Waals surface area contributed by atoms with Crippen molar-refractivity contribution < 1.29 is 0 Å². The van der Waals surface area contributed by atoms with Gasteiger partial charge in [-0.3, -0.25) is 0 Å². The monoisotopic (exact) mass is 264 g/mol. The van der Waals surface area contributed by atoms with Crippen LogP contribution >= 0.6 is 11.8 Å². The van der Waals surface area contributed by atoms with Crippen molar-refractivity contribution in [3.05, 3.63) is 6.07 Å². The van der Waals surface area contributed by atoms with Gasteiger partial charge in [0.25, 0.3) is 0 Å². The Balaban J connectivity index is 2.25. The van der Waals surface area contributed by atoms with Gasteiger partial charge in [-0.1, -0.05) is 11.8 Å². The average Bonchev–Trinajstić information content (AvgIpc) is 3.23. The number of hydrogen-bond donors (Lipinski definition) is 2. The summed E-state index contributed by atoms with van der Waals surface area (Å²) in [7, 11) is 0. The van der Waals surface area contributed by atoms with Crippen LogP contribution in [0, 0.1) is 11.3 Å². The highest BCUT2D eigenvalue weighted by Gasteiger charge is 2.30. The van der Waals surface area contributed by atoms with Crippen LogP contribution in [0.3, 0.4) is 0 Å². The van der Waals surface area contributed by atoms with Crippen LogP contribution < -0.4 is 16.2 Å². The third-order valence-electron chi connectivity index (χ3n) is 2.77. The van der Waals surface area contributed by atoms with E-state index in [4.69, 9.17) is 11.1 Å². The number of nitriles is 1. The largest absolute Gasteiger partial charge is 0.352 e. The van der Waals surface area contributed by atoms with Gasteiger partial charge in [0, 0.05) is 18.7 Å². The number of nitrogen functional groups attached to an aromatic ring is 1. The number of thioether (sulfide) groups is 1. The Bertz CT molecular complexity index is 431. The van der Waals surface area contributed by atoms with E-state index < -0.39 is 0 Å². The molecule has 7 heteroatoms. The molecule has 1 heterocycles. The van der Waals surface area contributed by atoms with Gasteiger partial charge in [-0.05, 0) is 19.1 Å². The van der Waals surface area contributed by atoms with E-state index in [9.17, 15) is 0 Å². The second-order valence-electron chi connectivity index (χ2n) is 4.08. The molecule has 96 valence electrons. The summed E-state index contributed by atoms with van der Waals surface area (Å²) in [6, 6.07) is 4.51. The van der Waals surface area contributed by atoms with Gasteiger partial charge in [0.05, 0.1) is 12.5 Å². The van der Waals surface area contributed by atoms with Crippen LogP contribution in [0.15, 0.2) is 11.2 Å². The van der Waals surface area contributed by atoms with Crippen molar-refractivity contribution in [2.75, 3.05) is 23.1 Å². The smallest absolute Gasteiger partial charge is 0.191 e. The first-order chi connectivity index (χ1) is 8.78. The highest BCUT2D eigenvalue weighted by Crippen LogP contribution is 2.32. The Kier molecular flexibility index (Phi) is 4.23. The Morgan fingerprint density at radius 1 is 1.61 bits per heavy atom. The van der Waals surface area contributed by atoms with E-state index >= 15 is 0 Å². The van der Waals surface area contributed by atoms with Crippen molar-refractivity contribution in [1.29, 1.82) is 5.26 Å². The number of nitrogens with zero attached hydrogens (tertiary/aromatic N) is 4. The maximum Gasteiger partial charge on any atom is 0.191 e. The molecule has 0 aromatic carbocycles. The predicted molar refractivity (Wildman–Crippen MR) is 72.2 cm³/mol. The molecule has 6 nitrogen and oxygen atoms in total. The molecule has 0 saturated heterocycles. The Morgan fingerprint density at radius 2 is 2.39 bits per heavy atom. The van der Waals surface area contributed by atoms with Gasteiger partial charge in [0.1, 0.15) is 11.6 Å². The molecular formula is C11H16N6S. The minimum atomic E-state index is 0.500. The zero-order valence-corrected chi connectivity index (χ0v) is 11.1. The molecule has 0 atom stereocenters. The van der Waals surface area contributed by atoms with Gasteiger partial charge < -0.3 is 10.3 Å². The van der Waals surface area contributed by atoms with Gasteiger partial charge in [0.15, 0.2) is 5.16 Å². The number of hydrogen-bond acceptors (Lipinski definition) is 7. The molecule has 1 aromatic rings. The van der Waals surface area contributed by atoms with Crippen LogP contribution in [0.1, 0.15) is 19.3 Å². The molecule has 0 spiro atoms. The molecule has 2 rings (SSSR count). The number of aromatic nitrogens is 2. The summed E-state index contributed by atoms with van der Waals surface area (Å²) in [5.74, 6) is 6.86. The van der Waals surface area contributed by atoms with E-state index in [-0.39, 0.29) is 0 Å². The van der Waals surface area contributed by atoms with Crippen molar-refractivity contribution >= 4 is 23.4 Å². The molecule has 0 bridgehead atoms. The number of hydrazine groups is 1. The lowest BCUT2D eigenvalue weighted by atomic mass is 10.3. The number of nitrogens with two attached hydrogens (primary N) is 1. The molecular weight excluding hydrogens is 248 g/mol. The van der Waals surface area contributed by atoms with Gasteiger partial charge in [-0.2, -0.15) is 5.26 Å². The van der Waals surface area contributed by atoms with E-state index in [2.05, 4.69) is 26.4 Å². The van der Waals surface area contributed by atoms with Gasteiger partial charge >= 0.3 is 0 Å². The fraction of sp³-hybridized carbons (Fsp3) is 0.545. The summed E-state index contributed by atoms with van der Waals surface area (Å²) < 4.78 is 0. The summed E-state index contributed by atoms with van der Waals surface area (Å²) in [6.07, 6.45) is 4.75. The molecule has 1 fully saturated rings. The fourth-order valence-corrected chi connectivity index (χ4v) is 2.14. The number of nitrogens with one attached hydrogen (secondary N) is 1. The van der Waals surface area contributed by atoms with Crippen molar-refractivity contribution in [3.8, 4) is 6.07 Å². The molecule has 0 amide bonds. The van der Waals surface area contributed by atoms with Crippen LogP contribution in [0.4, 0.5) is 11.6 Å². The van der Waals surface area contributed by atoms with E-state index in [1.807, 2.05) is 12.3 Å². The average molecular weight is 264 g/mol. The first kappa shape index (κ1) is 12.9. The fourth-order valence-electron chi connectivity index (χ4n) is 1.77. The second kappa shape index (κ2) is 5.89. The number of anilines is 2. The summed E-state index contributed by atoms with van der Waals surface area (Å²) in [5, 5.41) is 9.40. The Labute approximate surface area is 111 Å². The highest BCUT2D eigenvalue weighted by atomic mass is 32.2. The zero-order valence-electron chi connectivity index (χ0n) is 10.3. The first-order valence-corrected chi connectivity index (χ1v) is 7.04. The van der Waals surface area contributed by atoms with Gasteiger partial charge in [-0.15, -0.1) is 0 Å². The lowest BCUT2D eigenvalue weighted by molar-refractivity contribution is 0.763. The maximum atomic E-state index is 8.72. The summed E-state index contributed by atoms with van der Waals surface area (Å²) >= 11 is 1.48. The minimum Gasteiger partial charge on any atom is -0.352 e. The molecule has 0 unspecified atom stereocenters. The molecule has 18 heavy (non-hydrogen) atoms. The van der Waals surface area contributed by atoms with Gasteiger partial charge in [-0.25, -0.2) is 15.8 Å². The molecule has 0 radical (unpaired) electrons. The van der Waals surface area contributed by atoms with Crippen LogP contribution in [-0.4, -0.2) is 28.8 Å². The molecule has 1 aliphatic carbocycles. The third kappa shape index (κ3) is 3.03. The van der Waals surface area contributed by atoms with Crippen molar-refractivity contribution in [2.24, 2.45) is 5.84 Å². The van der Waals surface area contributed by atoms with E-state index in [0.717, 1.165) is 18.7 Å². The molecule has 3 N–H and O–H groups in total. The zero-order chi connectivity index (χ0) is 13.0. The van der Waals surface area contributed by atoms with Crippen LogP contribution in [-0.2, 0) is 0 Å². The Morgan fingerprint density at radius 3 is 2.94 bits per heavy atom. The van der Waals surface area contributed by atoms with Crippen LogP contribution in [0.25, 0.3) is 0 Å². The van der Waals surface area contributed by atoms with E-state index in [1.54, 1.807) is 0 Å². The van der Waals surface area contributed by atoms with E-state index in [1.165, 1.54) is 11.8 Å². The molecule has 0 aliphatic heterocycles. The lowest BCUT2D eigenvalue weighted by Gasteiger charge is -2.23. The Hall–Kier alpha value is -1.52. The first-order valence-electron chi connectivity index (χ1n) is 5.81. The SMILES string of the molecule is CSc1nc(NN)cc(N(CCC#N)C2CC2)n1. The quantitative estimate of drug-likeness (QED) is 0.347. The predicted octanol–water partition coefficient (Wildman–Crippen LogP) is 1.37. The number of rotatable bonds is 6. The van der Waals surface area contributed by atoms with Crippen molar-refractivity contribution in [2.45, 2.75) is 30.5 Å². The highest BCUT2D eigenvalue weighted by molar-refractivity contribution is 7.98. The van der Waals surface area contributed by atoms with Crippen molar-refractivity contribution in [3.63, 3.8) is 0 Å². The molecule has 1 aliphatic rings. The van der Waals surface area contributed by atoms with Gasteiger partial charge in [0.2, 0.25) is 0 Å². The van der Waals surface area contributed by atoms with Crippen LogP contribution in [0.2, 0.25) is 0 Å². The molecule has 1 aromatic heterocycles. The standard InChI is InChI=1S/C11H16N6S/c1-18-11-14-9(16-13)7-10(15-11)17(6-2-5-12)8-3-4-8/h7-8H,2-4,6,13H2,1H3,(H,14,15,16). The van der Waals surface area contributed by atoms with Crippen LogP contribution in [0.5, 0.6) is 0 Å².